The Balaban J connectivity index is 0.000000769. The minimum absolute atomic E-state index is 0.434. The molecule has 0 bridgehead atoms. The molecular formula is C19H30N2O7. The molecule has 1 aromatic carbocycles. The molecule has 0 heterocycles. The lowest BCUT2D eigenvalue weighted by Gasteiger charge is -2.22. The number of rotatable bonds is 4. The van der Waals surface area contributed by atoms with Crippen molar-refractivity contribution in [2.24, 2.45) is 5.73 Å². The van der Waals surface area contributed by atoms with Gasteiger partial charge in [-0.1, -0.05) is 12.1 Å². The van der Waals surface area contributed by atoms with E-state index >= 15 is 0 Å². The molecule has 0 aliphatic carbocycles. The lowest BCUT2D eigenvalue weighted by molar-refractivity contribution is -0.139. The summed E-state index contributed by atoms with van der Waals surface area (Å²) in [7, 11) is 1.52. The first kappa shape index (κ1) is 25.0. The van der Waals surface area contributed by atoms with Crippen LogP contribution in [0.3, 0.4) is 0 Å². The number of ether oxygens (including phenoxy) is 3. The first-order valence-corrected chi connectivity index (χ1v) is 8.49. The molecule has 4 N–H and O–H groups in total. The molecule has 28 heavy (non-hydrogen) atoms. The van der Waals surface area contributed by atoms with E-state index in [1.807, 2.05) is 0 Å². The molecule has 1 rings (SSSR count). The third kappa shape index (κ3) is 11.6. The van der Waals surface area contributed by atoms with Gasteiger partial charge >= 0.3 is 18.2 Å². The molecule has 0 aliphatic rings. The normalized spacial score (nSPS) is 12.0. The molecule has 9 nitrogen and oxygen atoms in total. The largest absolute Gasteiger partial charge is 0.497 e. The van der Waals surface area contributed by atoms with Crippen molar-refractivity contribution < 1.29 is 33.7 Å². The van der Waals surface area contributed by atoms with E-state index in [-0.39, 0.29) is 0 Å². The Hall–Kier alpha value is -2.97. The molecule has 0 aromatic heterocycles. The Morgan fingerprint density at radius 1 is 0.964 bits per heavy atom. The number of carboxylic acids is 1. The predicted molar refractivity (Wildman–Crippen MR) is 103 cm³/mol. The highest BCUT2D eigenvalue weighted by molar-refractivity contribution is 5.81. The van der Waals surface area contributed by atoms with Crippen LogP contribution in [0.15, 0.2) is 24.3 Å². The van der Waals surface area contributed by atoms with E-state index in [9.17, 15) is 19.5 Å². The maximum atomic E-state index is 11.6. The van der Waals surface area contributed by atoms with Gasteiger partial charge in [0.15, 0.2) is 6.04 Å². The Labute approximate surface area is 165 Å². The second-order valence-electron chi connectivity index (χ2n) is 7.72. The SMILES string of the molecule is CC(C)(C)OC(N)=O.COc1ccc([C@@H](NC(=O)OC(C)(C)C)C(=O)O)cc1. The van der Waals surface area contributed by atoms with E-state index in [0.29, 0.717) is 11.3 Å². The average Bonchev–Trinajstić information content (AvgIpc) is 2.49. The van der Waals surface area contributed by atoms with Crippen molar-refractivity contribution in [1.29, 1.82) is 0 Å². The molecule has 1 aromatic rings. The van der Waals surface area contributed by atoms with Crippen molar-refractivity contribution in [3.05, 3.63) is 29.8 Å². The number of carbonyl (C=O) groups is 3. The number of carboxylic acid groups (broad SMARTS) is 1. The van der Waals surface area contributed by atoms with Crippen molar-refractivity contribution in [2.45, 2.75) is 58.8 Å². The van der Waals surface area contributed by atoms with Crippen LogP contribution in [-0.4, -0.2) is 41.6 Å². The monoisotopic (exact) mass is 398 g/mol. The van der Waals surface area contributed by atoms with E-state index in [1.165, 1.54) is 7.11 Å². The van der Waals surface area contributed by atoms with Gasteiger partial charge in [0, 0.05) is 0 Å². The highest BCUT2D eigenvalue weighted by Gasteiger charge is 2.25. The second-order valence-corrected chi connectivity index (χ2v) is 7.72. The average molecular weight is 398 g/mol. The van der Waals surface area contributed by atoms with Crippen molar-refractivity contribution in [1.82, 2.24) is 5.32 Å². The lowest BCUT2D eigenvalue weighted by Crippen LogP contribution is -2.38. The number of aliphatic carboxylic acids is 1. The summed E-state index contributed by atoms with van der Waals surface area (Å²) >= 11 is 0. The molecule has 0 saturated carbocycles. The van der Waals surface area contributed by atoms with Gasteiger partial charge in [0.25, 0.3) is 0 Å². The van der Waals surface area contributed by atoms with Crippen LogP contribution in [-0.2, 0) is 14.3 Å². The van der Waals surface area contributed by atoms with E-state index in [0.717, 1.165) is 0 Å². The maximum absolute atomic E-state index is 11.6. The van der Waals surface area contributed by atoms with E-state index in [4.69, 9.17) is 15.2 Å². The molecule has 158 valence electrons. The third-order valence-corrected chi connectivity index (χ3v) is 2.76. The molecule has 0 saturated heterocycles. The number of nitrogens with two attached hydrogens (primary N) is 1. The van der Waals surface area contributed by atoms with Crippen molar-refractivity contribution in [3.8, 4) is 5.75 Å². The molecule has 0 unspecified atom stereocenters. The summed E-state index contributed by atoms with van der Waals surface area (Å²) in [5.74, 6) is -0.559. The highest BCUT2D eigenvalue weighted by atomic mass is 16.6. The number of benzene rings is 1. The van der Waals surface area contributed by atoms with Gasteiger partial charge in [0.2, 0.25) is 0 Å². The smallest absolute Gasteiger partial charge is 0.408 e. The van der Waals surface area contributed by atoms with Gasteiger partial charge in [-0.25, -0.2) is 14.4 Å². The third-order valence-electron chi connectivity index (χ3n) is 2.76. The van der Waals surface area contributed by atoms with Crippen LogP contribution < -0.4 is 15.8 Å². The fourth-order valence-electron chi connectivity index (χ4n) is 1.81. The Morgan fingerprint density at radius 3 is 1.71 bits per heavy atom. The van der Waals surface area contributed by atoms with Gasteiger partial charge in [0.1, 0.15) is 17.0 Å². The van der Waals surface area contributed by atoms with E-state index in [1.54, 1.807) is 65.8 Å². The number of methoxy groups -OCH3 is 1. The molecular weight excluding hydrogens is 368 g/mol. The summed E-state index contributed by atoms with van der Waals surface area (Å²) in [6.45, 7) is 10.4. The minimum Gasteiger partial charge on any atom is -0.497 e. The van der Waals surface area contributed by atoms with Gasteiger partial charge in [0.05, 0.1) is 7.11 Å². The van der Waals surface area contributed by atoms with Crippen LogP contribution in [0.25, 0.3) is 0 Å². The van der Waals surface area contributed by atoms with Crippen LogP contribution in [0.5, 0.6) is 5.75 Å². The molecule has 2 amide bonds. The maximum Gasteiger partial charge on any atom is 0.408 e. The fourth-order valence-corrected chi connectivity index (χ4v) is 1.81. The molecule has 0 aliphatic heterocycles. The Kier molecular flexibility index (Phi) is 9.28. The van der Waals surface area contributed by atoms with Crippen molar-refractivity contribution in [2.75, 3.05) is 7.11 Å². The zero-order valence-electron chi connectivity index (χ0n) is 17.4. The quantitative estimate of drug-likeness (QED) is 0.708. The molecule has 9 heteroatoms. The minimum atomic E-state index is -1.17. The molecule has 0 fully saturated rings. The van der Waals surface area contributed by atoms with Gasteiger partial charge in [-0.2, -0.15) is 0 Å². The standard InChI is InChI=1S/C14H19NO5.C5H11NO2/c1-14(2,3)20-13(18)15-11(12(16)17)9-5-7-10(19-4)8-6-9;1-5(2,3)8-4(6)7/h5-8,11H,1-4H3,(H,15,18)(H,16,17);1-3H3,(H2,6,7)/t11-;/m1./s1. The highest BCUT2D eigenvalue weighted by Crippen LogP contribution is 2.19. The van der Waals surface area contributed by atoms with Crippen LogP contribution in [0, 0.1) is 0 Å². The van der Waals surface area contributed by atoms with Gasteiger partial charge in [-0.15, -0.1) is 0 Å². The number of carbonyl (C=O) groups excluding carboxylic acids is 2. The molecule has 0 spiro atoms. The number of primary amides is 1. The van der Waals surface area contributed by atoms with E-state index in [2.05, 4.69) is 10.1 Å². The summed E-state index contributed by atoms with van der Waals surface area (Å²) in [6.07, 6.45) is -1.50. The molecule has 1 atom stereocenters. The zero-order chi connectivity index (χ0) is 22.1. The number of alkyl carbamates (subject to hydrolysis) is 1. The van der Waals surface area contributed by atoms with Gasteiger partial charge in [-0.05, 0) is 59.2 Å². The summed E-state index contributed by atoms with van der Waals surface area (Å²) in [4.78, 5) is 32.9. The number of hydrogen-bond donors (Lipinski definition) is 3. The molecule has 0 radical (unpaired) electrons. The van der Waals surface area contributed by atoms with Gasteiger partial charge < -0.3 is 30.4 Å². The predicted octanol–water partition coefficient (Wildman–Crippen LogP) is 3.23. The first-order valence-electron chi connectivity index (χ1n) is 8.49. The summed E-state index contributed by atoms with van der Waals surface area (Å²) < 4.78 is 14.6. The van der Waals surface area contributed by atoms with Crippen LogP contribution in [0.4, 0.5) is 9.59 Å². The Bertz CT molecular complexity index is 658. The Morgan fingerprint density at radius 2 is 1.43 bits per heavy atom. The summed E-state index contributed by atoms with van der Waals surface area (Å²) in [5, 5.41) is 11.5. The van der Waals surface area contributed by atoms with Crippen LogP contribution in [0.2, 0.25) is 0 Å². The van der Waals surface area contributed by atoms with Gasteiger partial charge in [-0.3, -0.25) is 0 Å². The topological polar surface area (TPSA) is 137 Å². The summed E-state index contributed by atoms with van der Waals surface area (Å²) in [6, 6.07) is 5.24. The number of hydrogen-bond acceptors (Lipinski definition) is 6. The lowest BCUT2D eigenvalue weighted by atomic mass is 10.1. The van der Waals surface area contributed by atoms with Crippen LogP contribution in [0.1, 0.15) is 53.1 Å². The summed E-state index contributed by atoms with van der Waals surface area (Å²) in [5.41, 5.74) is 4.01. The van der Waals surface area contributed by atoms with E-state index < -0.39 is 35.4 Å². The fraction of sp³-hybridized carbons (Fsp3) is 0.526. The first-order chi connectivity index (χ1) is 12.6. The zero-order valence-corrected chi connectivity index (χ0v) is 17.4. The van der Waals surface area contributed by atoms with Crippen LogP contribution >= 0.6 is 0 Å². The number of amides is 2. The van der Waals surface area contributed by atoms with Crippen molar-refractivity contribution >= 4 is 18.2 Å². The number of nitrogens with one attached hydrogen (secondary N) is 1. The second kappa shape index (κ2) is 10.4. The van der Waals surface area contributed by atoms with Crippen molar-refractivity contribution in [3.63, 3.8) is 0 Å².